The zero-order valence-corrected chi connectivity index (χ0v) is 17.3. The second-order valence-electron chi connectivity index (χ2n) is 6.02. The number of hydrazone groups is 1. The normalized spacial score (nSPS) is 10.6. The number of hydrogen-bond donors (Lipinski definition) is 2. The summed E-state index contributed by atoms with van der Waals surface area (Å²) < 4.78 is 11.3. The highest BCUT2D eigenvalue weighted by Gasteiger charge is 2.06. The lowest BCUT2D eigenvalue weighted by Gasteiger charge is -2.11. The summed E-state index contributed by atoms with van der Waals surface area (Å²) in [5.41, 5.74) is 5.54. The summed E-state index contributed by atoms with van der Waals surface area (Å²) in [6, 6.07) is 22.7. The van der Waals surface area contributed by atoms with Gasteiger partial charge in [-0.3, -0.25) is 5.43 Å². The minimum atomic E-state index is 0.405. The molecule has 0 radical (unpaired) electrons. The number of ether oxygens (including phenoxy) is 2. The molecule has 148 valence electrons. The summed E-state index contributed by atoms with van der Waals surface area (Å²) >= 11 is 11.1. The first kappa shape index (κ1) is 20.6. The summed E-state index contributed by atoms with van der Waals surface area (Å²) in [6.45, 7) is 0.419. The van der Waals surface area contributed by atoms with E-state index in [1.54, 1.807) is 13.3 Å². The van der Waals surface area contributed by atoms with E-state index in [1.165, 1.54) is 0 Å². The first-order chi connectivity index (χ1) is 14.1. The number of nitrogens with zero attached hydrogens (tertiary/aromatic N) is 1. The van der Waals surface area contributed by atoms with Crippen LogP contribution < -0.4 is 20.2 Å². The third-order valence-electron chi connectivity index (χ3n) is 3.91. The van der Waals surface area contributed by atoms with E-state index in [-0.39, 0.29) is 0 Å². The standard InChI is InChI=1S/C22H20ClN3O2S/c1-27-21-13-17(14-24-26-22(29)25-19-5-3-2-4-6-19)9-12-20(21)28-15-16-7-10-18(23)11-8-16/h2-14H,15H2,1H3,(H2,25,26,29)/b24-14-. The molecular formula is C22H20ClN3O2S. The van der Waals surface area contributed by atoms with Crippen LogP contribution in [-0.4, -0.2) is 18.4 Å². The van der Waals surface area contributed by atoms with Gasteiger partial charge in [0.1, 0.15) is 6.61 Å². The van der Waals surface area contributed by atoms with Crippen LogP contribution in [0.25, 0.3) is 0 Å². The van der Waals surface area contributed by atoms with E-state index in [4.69, 9.17) is 33.3 Å². The highest BCUT2D eigenvalue weighted by Crippen LogP contribution is 2.28. The number of hydrogen-bond acceptors (Lipinski definition) is 4. The summed E-state index contributed by atoms with van der Waals surface area (Å²) in [5, 5.41) is 8.31. The molecule has 0 heterocycles. The number of nitrogens with one attached hydrogen (secondary N) is 2. The molecule has 0 aliphatic heterocycles. The molecule has 0 aromatic heterocycles. The molecule has 7 heteroatoms. The van der Waals surface area contributed by atoms with Gasteiger partial charge < -0.3 is 14.8 Å². The van der Waals surface area contributed by atoms with Gasteiger partial charge in [0.2, 0.25) is 0 Å². The summed E-state index contributed by atoms with van der Waals surface area (Å²) in [5.74, 6) is 1.27. The molecule has 3 aromatic carbocycles. The number of rotatable bonds is 7. The van der Waals surface area contributed by atoms with E-state index in [0.29, 0.717) is 28.2 Å². The topological polar surface area (TPSA) is 54.9 Å². The molecule has 0 atom stereocenters. The van der Waals surface area contributed by atoms with Gasteiger partial charge >= 0.3 is 0 Å². The Labute approximate surface area is 180 Å². The van der Waals surface area contributed by atoms with Crippen LogP contribution in [-0.2, 0) is 6.61 Å². The van der Waals surface area contributed by atoms with Gasteiger partial charge in [-0.15, -0.1) is 0 Å². The Bertz CT molecular complexity index is 979. The Morgan fingerprint density at radius 1 is 1.03 bits per heavy atom. The van der Waals surface area contributed by atoms with Crippen LogP contribution in [0.3, 0.4) is 0 Å². The highest BCUT2D eigenvalue weighted by molar-refractivity contribution is 7.80. The Morgan fingerprint density at radius 3 is 2.52 bits per heavy atom. The SMILES string of the molecule is COc1cc(/C=N\NC(=S)Nc2ccccc2)ccc1OCc1ccc(Cl)cc1. The van der Waals surface area contributed by atoms with Crippen molar-refractivity contribution in [1.82, 2.24) is 5.43 Å². The van der Waals surface area contributed by atoms with Crippen LogP contribution in [0.1, 0.15) is 11.1 Å². The van der Waals surface area contributed by atoms with Crippen LogP contribution in [0.5, 0.6) is 11.5 Å². The Morgan fingerprint density at radius 2 is 1.79 bits per heavy atom. The van der Waals surface area contributed by atoms with E-state index in [0.717, 1.165) is 16.8 Å². The van der Waals surface area contributed by atoms with Crippen molar-refractivity contribution in [2.75, 3.05) is 12.4 Å². The van der Waals surface area contributed by atoms with Gasteiger partial charge in [0.25, 0.3) is 0 Å². The molecule has 5 nitrogen and oxygen atoms in total. The second kappa shape index (κ2) is 10.5. The maximum Gasteiger partial charge on any atom is 0.191 e. The van der Waals surface area contributed by atoms with Gasteiger partial charge in [0, 0.05) is 10.7 Å². The maximum atomic E-state index is 5.91. The summed E-state index contributed by atoms with van der Waals surface area (Å²) in [7, 11) is 1.60. The number of benzene rings is 3. The Balaban J connectivity index is 1.56. The number of methoxy groups -OCH3 is 1. The van der Waals surface area contributed by atoms with Crippen LogP contribution in [0, 0.1) is 0 Å². The molecule has 29 heavy (non-hydrogen) atoms. The molecule has 0 saturated carbocycles. The van der Waals surface area contributed by atoms with E-state index >= 15 is 0 Å². The van der Waals surface area contributed by atoms with E-state index in [2.05, 4.69) is 15.8 Å². The molecule has 0 spiro atoms. The van der Waals surface area contributed by atoms with Gasteiger partial charge in [-0.05, 0) is 65.8 Å². The smallest absolute Gasteiger partial charge is 0.191 e. The maximum absolute atomic E-state index is 5.91. The molecule has 0 saturated heterocycles. The molecule has 0 fully saturated rings. The van der Waals surface area contributed by atoms with E-state index < -0.39 is 0 Å². The largest absolute Gasteiger partial charge is 0.493 e. The molecular weight excluding hydrogens is 406 g/mol. The number of anilines is 1. The van der Waals surface area contributed by atoms with Gasteiger partial charge in [-0.25, -0.2) is 0 Å². The van der Waals surface area contributed by atoms with Gasteiger partial charge in [0.15, 0.2) is 16.6 Å². The van der Waals surface area contributed by atoms with E-state index in [9.17, 15) is 0 Å². The van der Waals surface area contributed by atoms with Crippen molar-refractivity contribution in [3.8, 4) is 11.5 Å². The highest BCUT2D eigenvalue weighted by atomic mass is 35.5. The van der Waals surface area contributed by atoms with Crippen molar-refractivity contribution < 1.29 is 9.47 Å². The van der Waals surface area contributed by atoms with E-state index in [1.807, 2.05) is 72.8 Å². The van der Waals surface area contributed by atoms with Gasteiger partial charge in [0.05, 0.1) is 13.3 Å². The van der Waals surface area contributed by atoms with Gasteiger partial charge in [-0.2, -0.15) is 5.10 Å². The molecule has 0 aliphatic rings. The number of thiocarbonyl (C=S) groups is 1. The first-order valence-corrected chi connectivity index (χ1v) is 9.63. The molecule has 3 aromatic rings. The van der Waals surface area contributed by atoms with Crippen molar-refractivity contribution in [1.29, 1.82) is 0 Å². The average molecular weight is 426 g/mol. The predicted molar refractivity (Wildman–Crippen MR) is 122 cm³/mol. The molecule has 2 N–H and O–H groups in total. The quantitative estimate of drug-likeness (QED) is 0.307. The minimum Gasteiger partial charge on any atom is -0.493 e. The van der Waals surface area contributed by atoms with Crippen molar-refractivity contribution in [2.24, 2.45) is 5.10 Å². The number of para-hydroxylation sites is 1. The van der Waals surface area contributed by atoms with Crippen LogP contribution >= 0.6 is 23.8 Å². The number of halogens is 1. The summed E-state index contributed by atoms with van der Waals surface area (Å²) in [4.78, 5) is 0. The zero-order valence-electron chi connectivity index (χ0n) is 15.8. The second-order valence-corrected chi connectivity index (χ2v) is 6.86. The minimum absolute atomic E-state index is 0.405. The fraction of sp³-hybridized carbons (Fsp3) is 0.0909. The van der Waals surface area contributed by atoms with Crippen LogP contribution in [0.2, 0.25) is 5.02 Å². The lowest BCUT2D eigenvalue weighted by atomic mass is 10.2. The van der Waals surface area contributed by atoms with Crippen LogP contribution in [0.15, 0.2) is 77.9 Å². The average Bonchev–Trinajstić information content (AvgIpc) is 2.74. The Hall–Kier alpha value is -3.09. The molecule has 0 amide bonds. The fourth-order valence-electron chi connectivity index (χ4n) is 2.47. The third kappa shape index (κ3) is 6.48. The summed E-state index contributed by atoms with van der Waals surface area (Å²) in [6.07, 6.45) is 1.66. The van der Waals surface area contributed by atoms with Crippen molar-refractivity contribution in [2.45, 2.75) is 6.61 Å². The van der Waals surface area contributed by atoms with Gasteiger partial charge in [-0.1, -0.05) is 41.9 Å². The lowest BCUT2D eigenvalue weighted by molar-refractivity contribution is 0.284. The van der Waals surface area contributed by atoms with Crippen molar-refractivity contribution in [3.63, 3.8) is 0 Å². The first-order valence-electron chi connectivity index (χ1n) is 8.84. The molecule has 0 bridgehead atoms. The molecule has 3 rings (SSSR count). The van der Waals surface area contributed by atoms with Crippen molar-refractivity contribution in [3.05, 3.63) is 88.9 Å². The monoisotopic (exact) mass is 425 g/mol. The molecule has 0 unspecified atom stereocenters. The van der Waals surface area contributed by atoms with Crippen molar-refractivity contribution >= 4 is 40.8 Å². The third-order valence-corrected chi connectivity index (χ3v) is 4.35. The fourth-order valence-corrected chi connectivity index (χ4v) is 2.77. The molecule has 0 aliphatic carbocycles. The lowest BCUT2D eigenvalue weighted by Crippen LogP contribution is -2.23. The zero-order chi connectivity index (χ0) is 20.5. The van der Waals surface area contributed by atoms with Crippen LogP contribution in [0.4, 0.5) is 5.69 Å². The predicted octanol–water partition coefficient (Wildman–Crippen LogP) is 5.25. The Kier molecular flexibility index (Phi) is 7.44.